The normalized spacial score (nSPS) is 11.3. The number of amides is 1. The maximum absolute atomic E-state index is 12.4. The summed E-state index contributed by atoms with van der Waals surface area (Å²) in [6.45, 7) is 1.81. The van der Waals surface area contributed by atoms with Crippen molar-refractivity contribution in [2.24, 2.45) is 0 Å². The van der Waals surface area contributed by atoms with Crippen LogP contribution in [0.2, 0.25) is 0 Å². The molecule has 0 aromatic carbocycles. The number of nitrogens with one attached hydrogen (secondary N) is 1. The van der Waals surface area contributed by atoms with Crippen molar-refractivity contribution < 1.29 is 18.0 Å². The van der Waals surface area contributed by atoms with E-state index in [1.165, 1.54) is 12.3 Å². The van der Waals surface area contributed by atoms with Crippen LogP contribution in [0.1, 0.15) is 21.7 Å². The lowest BCUT2D eigenvalue weighted by Gasteiger charge is -2.11. The smallest absolute Gasteiger partial charge is 0.306 e. The third-order valence-corrected chi connectivity index (χ3v) is 2.94. The fraction of sp³-hybridized carbons (Fsp3) is 0.286. The molecule has 2 rings (SSSR count). The Labute approximate surface area is 129 Å². The number of halogens is 3. The summed E-state index contributed by atoms with van der Waals surface area (Å²) in [5.41, 5.74) is -0.853. The van der Waals surface area contributed by atoms with Crippen LogP contribution < -0.4 is 10.9 Å². The predicted octanol–water partition coefficient (Wildman–Crippen LogP) is 2.07. The van der Waals surface area contributed by atoms with Gasteiger partial charge in [-0.1, -0.05) is 0 Å². The molecule has 0 bridgehead atoms. The Morgan fingerprint density at radius 3 is 2.70 bits per heavy atom. The molecule has 1 N–H and O–H groups in total. The minimum Gasteiger partial charge on any atom is -0.306 e. The van der Waals surface area contributed by atoms with Gasteiger partial charge in [-0.3, -0.25) is 9.59 Å². The fourth-order valence-electron chi connectivity index (χ4n) is 1.86. The van der Waals surface area contributed by atoms with Crippen molar-refractivity contribution in [2.75, 3.05) is 5.32 Å². The minimum absolute atomic E-state index is 0.202. The van der Waals surface area contributed by atoms with Gasteiger partial charge in [0.05, 0.1) is 0 Å². The summed E-state index contributed by atoms with van der Waals surface area (Å²) in [4.78, 5) is 32.1. The molecule has 1 amide bonds. The van der Waals surface area contributed by atoms with Crippen LogP contribution in [0.25, 0.3) is 0 Å². The Morgan fingerprint density at radius 1 is 1.35 bits per heavy atom. The number of carbonyl (C=O) groups excluding carboxylic acids is 1. The van der Waals surface area contributed by atoms with Crippen LogP contribution in [0.4, 0.5) is 19.0 Å². The van der Waals surface area contributed by atoms with Crippen LogP contribution in [0.15, 0.2) is 29.3 Å². The monoisotopic (exact) mass is 326 g/mol. The number of aromatic nitrogens is 3. The molecule has 9 heteroatoms. The van der Waals surface area contributed by atoms with Crippen molar-refractivity contribution in [1.29, 1.82) is 0 Å². The molecular formula is C14H13F3N4O2. The number of anilines is 1. The van der Waals surface area contributed by atoms with Crippen molar-refractivity contribution in [3.8, 4) is 0 Å². The molecule has 0 spiro atoms. The van der Waals surface area contributed by atoms with Gasteiger partial charge in [0.1, 0.15) is 23.8 Å². The van der Waals surface area contributed by atoms with Crippen LogP contribution in [0.5, 0.6) is 0 Å². The lowest BCUT2D eigenvalue weighted by atomic mass is 10.2. The van der Waals surface area contributed by atoms with Gasteiger partial charge < -0.3 is 9.88 Å². The molecule has 0 radical (unpaired) electrons. The van der Waals surface area contributed by atoms with E-state index in [4.69, 9.17) is 0 Å². The molecule has 6 nitrogen and oxygen atoms in total. The standard InChI is InChI=1S/C14H13F3N4O2/c1-8-6-18-9(2)19-11(8)20-12(22)10-4-3-5-21(13(10)23)7-14(15,16)17/h3-6H,7H2,1-2H3,(H,18,19,20,22). The summed E-state index contributed by atoms with van der Waals surface area (Å²) < 4.78 is 37.7. The molecule has 2 aromatic rings. The van der Waals surface area contributed by atoms with Gasteiger partial charge >= 0.3 is 6.18 Å². The number of nitrogens with zero attached hydrogens (tertiary/aromatic N) is 3. The third-order valence-electron chi connectivity index (χ3n) is 2.94. The number of pyridine rings is 1. The average Bonchev–Trinajstić information content (AvgIpc) is 2.43. The molecule has 0 saturated carbocycles. The highest BCUT2D eigenvalue weighted by Crippen LogP contribution is 2.16. The van der Waals surface area contributed by atoms with Gasteiger partial charge in [-0.15, -0.1) is 0 Å². The molecule has 0 aliphatic carbocycles. The van der Waals surface area contributed by atoms with Gasteiger partial charge in [0.2, 0.25) is 0 Å². The molecule has 122 valence electrons. The van der Waals surface area contributed by atoms with Crippen LogP contribution in [-0.2, 0) is 6.54 Å². The molecule has 0 aliphatic rings. The first-order valence-electron chi connectivity index (χ1n) is 6.55. The largest absolute Gasteiger partial charge is 0.406 e. The van der Waals surface area contributed by atoms with E-state index < -0.39 is 29.8 Å². The zero-order valence-corrected chi connectivity index (χ0v) is 12.3. The quantitative estimate of drug-likeness (QED) is 0.937. The van der Waals surface area contributed by atoms with Crippen molar-refractivity contribution in [3.63, 3.8) is 0 Å². The number of rotatable bonds is 3. The first kappa shape index (κ1) is 16.7. The summed E-state index contributed by atoms with van der Waals surface area (Å²) in [7, 11) is 0. The second kappa shape index (κ2) is 6.19. The first-order chi connectivity index (χ1) is 10.7. The number of hydrogen-bond donors (Lipinski definition) is 1. The lowest BCUT2D eigenvalue weighted by Crippen LogP contribution is -2.32. The Kier molecular flexibility index (Phi) is 4.48. The number of hydrogen-bond acceptors (Lipinski definition) is 4. The Hall–Kier alpha value is -2.71. The van der Waals surface area contributed by atoms with E-state index in [-0.39, 0.29) is 5.82 Å². The van der Waals surface area contributed by atoms with E-state index in [0.29, 0.717) is 16.0 Å². The molecule has 0 aliphatic heterocycles. The maximum atomic E-state index is 12.4. The SMILES string of the molecule is Cc1ncc(C)c(NC(=O)c2cccn(CC(F)(F)F)c2=O)n1. The third kappa shape index (κ3) is 4.15. The zero-order chi connectivity index (χ0) is 17.2. The van der Waals surface area contributed by atoms with Gasteiger partial charge in [0, 0.05) is 18.0 Å². The minimum atomic E-state index is -4.56. The Balaban J connectivity index is 2.31. The highest BCUT2D eigenvalue weighted by molar-refractivity contribution is 6.03. The van der Waals surface area contributed by atoms with E-state index >= 15 is 0 Å². The average molecular weight is 326 g/mol. The predicted molar refractivity (Wildman–Crippen MR) is 76.2 cm³/mol. The van der Waals surface area contributed by atoms with Crippen LogP contribution >= 0.6 is 0 Å². The second-order valence-electron chi connectivity index (χ2n) is 4.87. The molecule has 0 fully saturated rings. The summed E-state index contributed by atoms with van der Waals surface area (Å²) >= 11 is 0. The molecule has 0 atom stereocenters. The van der Waals surface area contributed by atoms with Crippen LogP contribution in [0.3, 0.4) is 0 Å². The van der Waals surface area contributed by atoms with Gasteiger partial charge in [0.25, 0.3) is 11.5 Å². The van der Waals surface area contributed by atoms with Crippen molar-refractivity contribution >= 4 is 11.7 Å². The van der Waals surface area contributed by atoms with Crippen LogP contribution in [-0.4, -0.2) is 26.6 Å². The molecule has 0 unspecified atom stereocenters. The molecule has 23 heavy (non-hydrogen) atoms. The molecular weight excluding hydrogens is 313 g/mol. The van der Waals surface area contributed by atoms with E-state index in [1.807, 2.05) is 0 Å². The number of carbonyl (C=O) groups is 1. The van der Waals surface area contributed by atoms with Gasteiger partial charge in [-0.2, -0.15) is 13.2 Å². The zero-order valence-electron chi connectivity index (χ0n) is 12.3. The molecule has 2 aromatic heterocycles. The van der Waals surface area contributed by atoms with E-state index in [0.717, 1.165) is 12.3 Å². The molecule has 2 heterocycles. The van der Waals surface area contributed by atoms with E-state index in [9.17, 15) is 22.8 Å². The Bertz CT molecular complexity index is 799. The Morgan fingerprint density at radius 2 is 2.04 bits per heavy atom. The van der Waals surface area contributed by atoms with Gasteiger partial charge in [-0.05, 0) is 26.0 Å². The highest BCUT2D eigenvalue weighted by atomic mass is 19.4. The topological polar surface area (TPSA) is 76.9 Å². The van der Waals surface area contributed by atoms with E-state index in [2.05, 4.69) is 15.3 Å². The highest BCUT2D eigenvalue weighted by Gasteiger charge is 2.29. The van der Waals surface area contributed by atoms with Crippen molar-refractivity contribution in [2.45, 2.75) is 26.6 Å². The van der Waals surface area contributed by atoms with Gasteiger partial charge in [-0.25, -0.2) is 9.97 Å². The van der Waals surface area contributed by atoms with E-state index in [1.54, 1.807) is 13.8 Å². The lowest BCUT2D eigenvalue weighted by molar-refractivity contribution is -0.141. The maximum Gasteiger partial charge on any atom is 0.406 e. The van der Waals surface area contributed by atoms with Crippen LogP contribution in [0, 0.1) is 13.8 Å². The fourth-order valence-corrected chi connectivity index (χ4v) is 1.86. The summed E-state index contributed by atoms with van der Waals surface area (Å²) in [5, 5.41) is 2.41. The summed E-state index contributed by atoms with van der Waals surface area (Å²) in [6, 6.07) is 2.37. The summed E-state index contributed by atoms with van der Waals surface area (Å²) in [5.74, 6) is -0.214. The number of alkyl halides is 3. The van der Waals surface area contributed by atoms with Gasteiger partial charge in [0.15, 0.2) is 0 Å². The van der Waals surface area contributed by atoms with Crippen molar-refractivity contribution in [3.05, 3.63) is 51.8 Å². The first-order valence-corrected chi connectivity index (χ1v) is 6.55. The molecule has 0 saturated heterocycles. The number of aryl methyl sites for hydroxylation is 2. The summed E-state index contributed by atoms with van der Waals surface area (Å²) in [6.07, 6.45) is -2.09. The van der Waals surface area contributed by atoms with Crippen molar-refractivity contribution in [1.82, 2.24) is 14.5 Å². The second-order valence-corrected chi connectivity index (χ2v) is 4.87.